The number of aromatic amines is 4. The van der Waals surface area contributed by atoms with Crippen molar-refractivity contribution in [2.45, 2.75) is 0 Å². The SMILES string of the molecule is O=C(Nc1c[nH]c(=O)[nH]c1=O)c1ccc2c(c1)C(=O)N(c1ccc(Oc3ccc(N4C(=O)c5ccc(C(=O)Nc6c[nH]c(=O)[nH]c6=O)cc5C4=O)cc3)cc1)C2=O. The molecule has 4 heterocycles. The molecular formula is C38H22N8O11. The van der Waals surface area contributed by atoms with E-state index in [0.717, 1.165) is 22.2 Å². The zero-order valence-electron chi connectivity index (χ0n) is 28.6. The zero-order chi connectivity index (χ0) is 40.1. The molecule has 2 aliphatic rings. The largest absolute Gasteiger partial charge is 0.457 e. The number of fused-ring (bicyclic) bond motifs is 2. The van der Waals surface area contributed by atoms with Crippen molar-refractivity contribution < 1.29 is 33.5 Å². The first-order valence-corrected chi connectivity index (χ1v) is 16.6. The molecule has 0 aliphatic carbocycles. The van der Waals surface area contributed by atoms with Crippen LogP contribution in [0.1, 0.15) is 62.1 Å². The fourth-order valence-corrected chi connectivity index (χ4v) is 6.09. The zero-order valence-corrected chi connectivity index (χ0v) is 28.6. The Balaban J connectivity index is 0.925. The van der Waals surface area contributed by atoms with Gasteiger partial charge in [-0.3, -0.25) is 48.3 Å². The highest BCUT2D eigenvalue weighted by atomic mass is 16.5. The number of nitrogens with zero attached hydrogens (tertiary/aromatic N) is 2. The number of aromatic nitrogens is 4. The highest BCUT2D eigenvalue weighted by Gasteiger charge is 2.38. The van der Waals surface area contributed by atoms with Crippen LogP contribution in [0.3, 0.4) is 0 Å². The summed E-state index contributed by atoms with van der Waals surface area (Å²) in [7, 11) is 0. The molecule has 4 aromatic carbocycles. The summed E-state index contributed by atoms with van der Waals surface area (Å²) < 4.78 is 5.90. The number of ether oxygens (including phenoxy) is 1. The number of carbonyl (C=O) groups is 6. The third-order valence-corrected chi connectivity index (χ3v) is 8.86. The summed E-state index contributed by atoms with van der Waals surface area (Å²) in [6.07, 6.45) is 2.05. The standard InChI is InChI=1S/C38H22N8O11/c47-29(41-27-15-39-37(55)43-31(27)49)17-1-11-23-25(13-17)35(53)45(33(23)51)19-3-7-21(8-4-19)57-22-9-5-20(6-10-22)46-34(52)24-12-2-18(14-26(24)36(46)54)30(48)42-28-16-40-38(56)44-32(28)50/h1-16H,(H,41,47)(H,42,48)(H2,39,43,49,55)(H2,40,44,50,56). The number of nitrogens with one attached hydrogen (secondary N) is 6. The van der Waals surface area contributed by atoms with Crippen LogP contribution in [0.4, 0.5) is 22.7 Å². The van der Waals surface area contributed by atoms with Crippen LogP contribution < -0.4 is 47.7 Å². The van der Waals surface area contributed by atoms with Crippen LogP contribution >= 0.6 is 0 Å². The molecule has 0 unspecified atom stereocenters. The second kappa shape index (κ2) is 13.6. The normalized spacial score (nSPS) is 13.1. The Labute approximate surface area is 315 Å². The van der Waals surface area contributed by atoms with E-state index in [0.29, 0.717) is 11.5 Å². The molecular weight excluding hydrogens is 744 g/mol. The van der Waals surface area contributed by atoms with Gasteiger partial charge in [-0.25, -0.2) is 19.4 Å². The summed E-state index contributed by atoms with van der Waals surface area (Å²) in [6, 6.07) is 19.7. The average molecular weight is 767 g/mol. The first-order valence-electron chi connectivity index (χ1n) is 16.6. The minimum absolute atomic E-state index is 0.0151. The minimum Gasteiger partial charge on any atom is -0.457 e. The van der Waals surface area contributed by atoms with Crippen LogP contribution in [0, 0.1) is 0 Å². The molecule has 0 bridgehead atoms. The molecule has 6 N–H and O–H groups in total. The van der Waals surface area contributed by atoms with Crippen molar-refractivity contribution >= 4 is 58.2 Å². The minimum atomic E-state index is -0.829. The maximum absolute atomic E-state index is 13.4. The van der Waals surface area contributed by atoms with E-state index in [9.17, 15) is 47.9 Å². The van der Waals surface area contributed by atoms with E-state index in [-0.39, 0.29) is 56.1 Å². The van der Waals surface area contributed by atoms with Crippen molar-refractivity contribution in [3.05, 3.63) is 172 Å². The lowest BCUT2D eigenvalue weighted by atomic mass is 10.1. The summed E-state index contributed by atoms with van der Waals surface area (Å²) >= 11 is 0. The molecule has 2 aliphatic heterocycles. The molecule has 0 saturated heterocycles. The molecule has 19 nitrogen and oxygen atoms in total. The summed E-state index contributed by atoms with van der Waals surface area (Å²) in [5, 5.41) is 4.68. The summed E-state index contributed by atoms with van der Waals surface area (Å²) in [4.78, 5) is 136. The van der Waals surface area contributed by atoms with Crippen LogP contribution in [0.25, 0.3) is 0 Å². The number of H-pyrrole nitrogens is 4. The predicted molar refractivity (Wildman–Crippen MR) is 199 cm³/mol. The Morgan fingerprint density at radius 3 is 1.21 bits per heavy atom. The smallest absolute Gasteiger partial charge is 0.325 e. The van der Waals surface area contributed by atoms with Gasteiger partial charge >= 0.3 is 11.4 Å². The van der Waals surface area contributed by atoms with Gasteiger partial charge in [0.2, 0.25) is 0 Å². The van der Waals surface area contributed by atoms with Gasteiger partial charge in [-0.2, -0.15) is 0 Å². The van der Waals surface area contributed by atoms with Crippen LogP contribution in [0.2, 0.25) is 0 Å². The van der Waals surface area contributed by atoms with E-state index in [1.807, 2.05) is 9.97 Å². The Kier molecular flexibility index (Phi) is 8.42. The van der Waals surface area contributed by atoms with Gasteiger partial charge in [0.15, 0.2) is 0 Å². The molecule has 2 aromatic heterocycles. The van der Waals surface area contributed by atoms with Crippen LogP contribution in [-0.4, -0.2) is 55.4 Å². The van der Waals surface area contributed by atoms with Crippen molar-refractivity contribution in [2.75, 3.05) is 20.4 Å². The fraction of sp³-hybridized carbons (Fsp3) is 0. The number of rotatable bonds is 8. The lowest BCUT2D eigenvalue weighted by Crippen LogP contribution is -2.29. The van der Waals surface area contributed by atoms with Crippen molar-refractivity contribution in [3.63, 3.8) is 0 Å². The van der Waals surface area contributed by atoms with E-state index in [1.165, 1.54) is 84.9 Å². The lowest BCUT2D eigenvalue weighted by Gasteiger charge is -2.16. The summed E-state index contributed by atoms with van der Waals surface area (Å²) in [5.41, 5.74) is -3.18. The molecule has 0 saturated carbocycles. The van der Waals surface area contributed by atoms with E-state index >= 15 is 0 Å². The third-order valence-electron chi connectivity index (χ3n) is 8.86. The maximum Gasteiger partial charge on any atom is 0.325 e. The van der Waals surface area contributed by atoms with Gasteiger partial charge in [-0.05, 0) is 84.9 Å². The Bertz CT molecular complexity index is 2800. The van der Waals surface area contributed by atoms with Gasteiger partial charge in [-0.1, -0.05) is 0 Å². The predicted octanol–water partition coefficient (Wildman–Crippen LogP) is 2.34. The topological polar surface area (TPSA) is 274 Å². The maximum atomic E-state index is 13.4. The molecule has 8 rings (SSSR count). The van der Waals surface area contributed by atoms with Gasteiger partial charge in [0.05, 0.1) is 33.6 Å². The molecule has 57 heavy (non-hydrogen) atoms. The number of hydrogen-bond acceptors (Lipinski definition) is 11. The van der Waals surface area contributed by atoms with Gasteiger partial charge in [-0.15, -0.1) is 0 Å². The first-order chi connectivity index (χ1) is 27.4. The van der Waals surface area contributed by atoms with E-state index < -0.39 is 57.9 Å². The Morgan fingerprint density at radius 2 is 0.842 bits per heavy atom. The summed E-state index contributed by atoms with van der Waals surface area (Å²) in [5.74, 6) is -3.51. The Hall–Kier alpha value is -8.74. The molecule has 0 spiro atoms. The highest BCUT2D eigenvalue weighted by molar-refractivity contribution is 6.35. The van der Waals surface area contributed by atoms with Gasteiger partial charge in [0, 0.05) is 23.5 Å². The molecule has 19 heteroatoms. The number of amides is 6. The number of carbonyl (C=O) groups excluding carboxylic acids is 6. The summed E-state index contributed by atoms with van der Waals surface area (Å²) in [6.45, 7) is 0. The second-order valence-electron chi connectivity index (χ2n) is 12.4. The van der Waals surface area contributed by atoms with Crippen LogP contribution in [0.15, 0.2) is 117 Å². The van der Waals surface area contributed by atoms with Gasteiger partial charge in [0.1, 0.15) is 22.9 Å². The van der Waals surface area contributed by atoms with Crippen molar-refractivity contribution in [1.29, 1.82) is 0 Å². The van der Waals surface area contributed by atoms with Gasteiger partial charge in [0.25, 0.3) is 46.6 Å². The molecule has 0 radical (unpaired) electrons. The second-order valence-corrected chi connectivity index (χ2v) is 12.4. The number of benzene rings is 4. The fourth-order valence-electron chi connectivity index (χ4n) is 6.09. The van der Waals surface area contributed by atoms with E-state index in [2.05, 4.69) is 20.6 Å². The monoisotopic (exact) mass is 766 g/mol. The van der Waals surface area contributed by atoms with Crippen molar-refractivity contribution in [2.24, 2.45) is 0 Å². The van der Waals surface area contributed by atoms with Crippen molar-refractivity contribution in [1.82, 2.24) is 19.9 Å². The molecule has 6 amide bonds. The molecule has 0 fully saturated rings. The number of hydrogen-bond donors (Lipinski definition) is 6. The quantitative estimate of drug-likeness (QED) is 0.122. The molecule has 0 atom stereocenters. The molecule has 6 aromatic rings. The number of anilines is 4. The average Bonchev–Trinajstić information content (AvgIpc) is 3.60. The molecule has 280 valence electrons. The highest BCUT2D eigenvalue weighted by Crippen LogP contribution is 2.34. The first kappa shape index (κ1) is 35.3. The van der Waals surface area contributed by atoms with E-state index in [1.54, 1.807) is 0 Å². The Morgan fingerprint density at radius 1 is 0.474 bits per heavy atom. The van der Waals surface area contributed by atoms with Crippen LogP contribution in [0.5, 0.6) is 11.5 Å². The van der Waals surface area contributed by atoms with Crippen LogP contribution in [-0.2, 0) is 0 Å². The third kappa shape index (κ3) is 6.37. The van der Waals surface area contributed by atoms with E-state index in [4.69, 9.17) is 4.74 Å². The number of imide groups is 2. The lowest BCUT2D eigenvalue weighted by molar-refractivity contribution is 0.0910. The van der Waals surface area contributed by atoms with Crippen molar-refractivity contribution in [3.8, 4) is 11.5 Å². The van der Waals surface area contributed by atoms with Gasteiger partial charge < -0.3 is 25.3 Å².